The van der Waals surface area contributed by atoms with Crippen molar-refractivity contribution in [1.82, 2.24) is 5.32 Å². The lowest BCUT2D eigenvalue weighted by atomic mass is 10.1. The van der Waals surface area contributed by atoms with Gasteiger partial charge in [0.25, 0.3) is 0 Å². The van der Waals surface area contributed by atoms with Gasteiger partial charge in [0, 0.05) is 0 Å². The molecule has 9 heavy (non-hydrogen) atoms. The maximum Gasteiger partial charge on any atom is -0.00438 e. The first-order valence-corrected chi connectivity index (χ1v) is 3.97. The second kappa shape index (κ2) is 2.70. The van der Waals surface area contributed by atoms with Crippen LogP contribution < -0.4 is 5.32 Å². The van der Waals surface area contributed by atoms with E-state index in [1.165, 1.54) is 25.8 Å². The smallest absolute Gasteiger partial charge is 0.00438 e. The van der Waals surface area contributed by atoms with Gasteiger partial charge in [0.2, 0.25) is 0 Å². The highest BCUT2D eigenvalue weighted by molar-refractivity contribution is 4.88. The summed E-state index contributed by atoms with van der Waals surface area (Å²) in [7, 11) is 0. The van der Waals surface area contributed by atoms with Gasteiger partial charge in [0.05, 0.1) is 0 Å². The lowest BCUT2D eigenvalue weighted by Gasteiger charge is -2.06. The number of hydrogen-bond acceptors (Lipinski definition) is 1. The zero-order chi connectivity index (χ0) is 6.74. The largest absolute Gasteiger partial charge is 0.317 e. The molecule has 0 aromatic heterocycles. The van der Waals surface area contributed by atoms with Crippen LogP contribution in [-0.2, 0) is 0 Å². The quantitative estimate of drug-likeness (QED) is 0.568. The fourth-order valence-corrected chi connectivity index (χ4v) is 1.03. The lowest BCUT2D eigenvalue weighted by molar-refractivity contribution is 0.492. The van der Waals surface area contributed by atoms with E-state index in [1.807, 2.05) is 0 Å². The molecular formula is C8H17N. The summed E-state index contributed by atoms with van der Waals surface area (Å²) in [5.41, 5.74) is 0.738. The molecule has 1 fully saturated rings. The molecule has 0 heterocycles. The molecule has 0 spiro atoms. The summed E-state index contributed by atoms with van der Waals surface area (Å²) in [6.07, 6.45) is 4.29. The minimum atomic E-state index is 0.738. The average molecular weight is 127 g/mol. The van der Waals surface area contributed by atoms with E-state index in [9.17, 15) is 0 Å². The van der Waals surface area contributed by atoms with Crippen LogP contribution in [0.5, 0.6) is 0 Å². The Hall–Kier alpha value is -0.0400. The highest BCUT2D eigenvalue weighted by Crippen LogP contribution is 2.47. The van der Waals surface area contributed by atoms with Crippen molar-refractivity contribution < 1.29 is 0 Å². The number of hydrogen-bond donors (Lipinski definition) is 1. The molecule has 0 radical (unpaired) electrons. The maximum absolute atomic E-state index is 3.34. The molecule has 0 aromatic rings. The van der Waals surface area contributed by atoms with Crippen molar-refractivity contribution in [3.8, 4) is 0 Å². The SMILES string of the molecule is CCNCCC1(C)CC1. The predicted octanol–water partition coefficient (Wildman–Crippen LogP) is 1.79. The molecule has 0 amide bonds. The third-order valence-corrected chi connectivity index (χ3v) is 2.26. The summed E-state index contributed by atoms with van der Waals surface area (Å²) in [4.78, 5) is 0. The molecule has 1 aliphatic rings. The summed E-state index contributed by atoms with van der Waals surface area (Å²) < 4.78 is 0. The van der Waals surface area contributed by atoms with Gasteiger partial charge < -0.3 is 5.32 Å². The van der Waals surface area contributed by atoms with E-state index in [0.717, 1.165) is 12.0 Å². The van der Waals surface area contributed by atoms with E-state index in [1.54, 1.807) is 0 Å². The molecule has 1 heteroatoms. The third kappa shape index (κ3) is 2.35. The van der Waals surface area contributed by atoms with Gasteiger partial charge in [-0.15, -0.1) is 0 Å². The van der Waals surface area contributed by atoms with Gasteiger partial charge in [-0.25, -0.2) is 0 Å². The van der Waals surface area contributed by atoms with Crippen molar-refractivity contribution in [3.05, 3.63) is 0 Å². The zero-order valence-electron chi connectivity index (χ0n) is 6.54. The van der Waals surface area contributed by atoms with Crippen molar-refractivity contribution in [1.29, 1.82) is 0 Å². The van der Waals surface area contributed by atoms with Crippen LogP contribution >= 0.6 is 0 Å². The van der Waals surface area contributed by atoms with Crippen molar-refractivity contribution in [3.63, 3.8) is 0 Å². The van der Waals surface area contributed by atoms with Crippen LogP contribution in [0.1, 0.15) is 33.1 Å². The van der Waals surface area contributed by atoms with E-state index < -0.39 is 0 Å². The Labute approximate surface area is 57.8 Å². The number of rotatable bonds is 4. The highest BCUT2D eigenvalue weighted by Gasteiger charge is 2.35. The van der Waals surface area contributed by atoms with E-state index >= 15 is 0 Å². The van der Waals surface area contributed by atoms with Gasteiger partial charge in [-0.2, -0.15) is 0 Å². The molecule has 0 aromatic carbocycles. The topological polar surface area (TPSA) is 12.0 Å². The number of nitrogens with one attached hydrogen (secondary N) is 1. The fourth-order valence-electron chi connectivity index (χ4n) is 1.03. The molecule has 0 saturated heterocycles. The molecule has 1 nitrogen and oxygen atoms in total. The van der Waals surface area contributed by atoms with Gasteiger partial charge in [0.1, 0.15) is 0 Å². The Morgan fingerprint density at radius 2 is 2.11 bits per heavy atom. The van der Waals surface area contributed by atoms with Crippen LogP contribution in [0.25, 0.3) is 0 Å². The molecule has 1 rings (SSSR count). The second-order valence-electron chi connectivity index (χ2n) is 3.41. The molecule has 0 aliphatic heterocycles. The maximum atomic E-state index is 3.34. The Morgan fingerprint density at radius 1 is 1.44 bits per heavy atom. The minimum absolute atomic E-state index is 0.738. The summed E-state index contributed by atoms with van der Waals surface area (Å²) in [5.74, 6) is 0. The molecular weight excluding hydrogens is 110 g/mol. The molecule has 54 valence electrons. The van der Waals surface area contributed by atoms with Crippen molar-refractivity contribution in [2.24, 2.45) is 5.41 Å². The fraction of sp³-hybridized carbons (Fsp3) is 1.00. The van der Waals surface area contributed by atoms with Gasteiger partial charge >= 0.3 is 0 Å². The molecule has 0 unspecified atom stereocenters. The monoisotopic (exact) mass is 127 g/mol. The summed E-state index contributed by atoms with van der Waals surface area (Å²) in [6, 6.07) is 0. The van der Waals surface area contributed by atoms with Gasteiger partial charge in [-0.1, -0.05) is 13.8 Å². The lowest BCUT2D eigenvalue weighted by Crippen LogP contribution is -2.16. The standard InChI is InChI=1S/C8H17N/c1-3-9-7-6-8(2)4-5-8/h9H,3-7H2,1-2H3. The predicted molar refractivity (Wildman–Crippen MR) is 40.5 cm³/mol. The first-order valence-electron chi connectivity index (χ1n) is 3.97. The molecule has 0 atom stereocenters. The van der Waals surface area contributed by atoms with Crippen LogP contribution in [0.2, 0.25) is 0 Å². The van der Waals surface area contributed by atoms with E-state index in [2.05, 4.69) is 19.2 Å². The normalized spacial score (nSPS) is 22.0. The first-order chi connectivity index (χ1) is 4.27. The van der Waals surface area contributed by atoms with E-state index in [0.29, 0.717) is 0 Å². The highest BCUT2D eigenvalue weighted by atomic mass is 14.8. The van der Waals surface area contributed by atoms with Crippen LogP contribution in [-0.4, -0.2) is 13.1 Å². The Bertz CT molecular complexity index is 84.6. The molecule has 1 N–H and O–H groups in total. The third-order valence-electron chi connectivity index (χ3n) is 2.26. The molecule has 1 aliphatic carbocycles. The van der Waals surface area contributed by atoms with Crippen molar-refractivity contribution >= 4 is 0 Å². The van der Waals surface area contributed by atoms with Crippen molar-refractivity contribution in [2.45, 2.75) is 33.1 Å². The van der Waals surface area contributed by atoms with Gasteiger partial charge in [-0.3, -0.25) is 0 Å². The Morgan fingerprint density at radius 3 is 2.56 bits per heavy atom. The van der Waals surface area contributed by atoms with Crippen LogP contribution in [0.3, 0.4) is 0 Å². The Kier molecular flexibility index (Phi) is 2.12. The van der Waals surface area contributed by atoms with Crippen LogP contribution in [0, 0.1) is 5.41 Å². The average Bonchev–Trinajstić information content (AvgIpc) is 2.50. The summed E-state index contributed by atoms with van der Waals surface area (Å²) in [6.45, 7) is 6.88. The first kappa shape index (κ1) is 7.07. The van der Waals surface area contributed by atoms with E-state index in [4.69, 9.17) is 0 Å². The van der Waals surface area contributed by atoms with Crippen LogP contribution in [0.4, 0.5) is 0 Å². The zero-order valence-corrected chi connectivity index (χ0v) is 6.54. The Balaban J connectivity index is 1.92. The summed E-state index contributed by atoms with van der Waals surface area (Å²) >= 11 is 0. The molecule has 1 saturated carbocycles. The minimum Gasteiger partial charge on any atom is -0.317 e. The molecule has 0 bridgehead atoms. The van der Waals surface area contributed by atoms with E-state index in [-0.39, 0.29) is 0 Å². The van der Waals surface area contributed by atoms with Crippen molar-refractivity contribution in [2.75, 3.05) is 13.1 Å². The second-order valence-corrected chi connectivity index (χ2v) is 3.41. The van der Waals surface area contributed by atoms with Gasteiger partial charge in [0.15, 0.2) is 0 Å². The van der Waals surface area contributed by atoms with Gasteiger partial charge in [-0.05, 0) is 37.8 Å². The summed E-state index contributed by atoms with van der Waals surface area (Å²) in [5, 5.41) is 3.34. The van der Waals surface area contributed by atoms with Crippen LogP contribution in [0.15, 0.2) is 0 Å².